The van der Waals surface area contributed by atoms with Crippen LogP contribution in [0.5, 0.6) is 11.5 Å². The van der Waals surface area contributed by atoms with Gasteiger partial charge in [0, 0.05) is 129 Å². The third-order valence-electron chi connectivity index (χ3n) is 2.57. The van der Waals surface area contributed by atoms with E-state index < -0.39 is 15.6 Å². The van der Waals surface area contributed by atoms with Gasteiger partial charge in [0.1, 0.15) is 11.5 Å². The molecule has 0 heterocycles. The van der Waals surface area contributed by atoms with Crippen LogP contribution in [0.2, 0.25) is 0 Å². The van der Waals surface area contributed by atoms with Gasteiger partial charge in [-0.2, -0.15) is 0 Å². The first-order valence-corrected chi connectivity index (χ1v) is 8.65. The summed E-state index contributed by atoms with van der Waals surface area (Å²) >= 11 is 0. The van der Waals surface area contributed by atoms with E-state index in [-0.39, 0.29) is 179 Å². The van der Waals surface area contributed by atoms with Crippen molar-refractivity contribution >= 4 is 145 Å². The molecule has 31 heavy (non-hydrogen) atoms. The van der Waals surface area contributed by atoms with Crippen LogP contribution in [-0.4, -0.2) is 171 Å². The first-order valence-electron chi connectivity index (χ1n) is 5.59. The van der Waals surface area contributed by atoms with Crippen molar-refractivity contribution < 1.29 is 70.6 Å². The molecule has 0 aliphatic rings. The van der Waals surface area contributed by atoms with E-state index in [4.69, 9.17) is 19.6 Å². The van der Waals surface area contributed by atoms with Crippen molar-refractivity contribution in [2.45, 2.75) is 6.92 Å². The van der Waals surface area contributed by atoms with E-state index in [2.05, 4.69) is 9.05 Å². The molecule has 0 unspecified atom stereocenters. The van der Waals surface area contributed by atoms with Crippen molar-refractivity contribution in [2.75, 3.05) is 0 Å². The molecule has 2 rings (SSSR count). The van der Waals surface area contributed by atoms with E-state index in [9.17, 15) is 9.13 Å². The molecule has 2 aromatic carbocycles. The van der Waals surface area contributed by atoms with Crippen LogP contribution in [0.25, 0.3) is 10.8 Å². The standard InChI is InChI=1S/C11H12O8P2.4Na.6H2O/c1-7-6-10(18-20(12,13)14)8-4-2-3-5-9(8)11(7)19-21(15,16)17;;;;;;;;;;/h2-6H,1H3,(H2,12,13,14)(H2,15,16,17);;;;;6*1H2. The number of hydrogen-bond acceptors (Lipinski definition) is 4. The van der Waals surface area contributed by atoms with Gasteiger partial charge in [-0.1, -0.05) is 24.3 Å². The van der Waals surface area contributed by atoms with Crippen LogP contribution < -0.4 is 9.05 Å². The smallest absolute Gasteiger partial charge is 0.412 e. The van der Waals surface area contributed by atoms with Gasteiger partial charge in [-0.3, -0.25) is 19.6 Å². The molecule has 2 aromatic rings. The zero-order valence-electron chi connectivity index (χ0n) is 17.7. The van der Waals surface area contributed by atoms with Gasteiger partial charge in [0.05, 0.1) is 0 Å². The summed E-state index contributed by atoms with van der Waals surface area (Å²) < 4.78 is 31.3. The first-order chi connectivity index (χ1) is 9.57. The topological polar surface area (TPSA) is 323 Å². The molecule has 0 spiro atoms. The van der Waals surface area contributed by atoms with Crippen LogP contribution in [0.4, 0.5) is 0 Å². The van der Waals surface area contributed by atoms with Gasteiger partial charge in [0.2, 0.25) is 0 Å². The Morgan fingerprint density at radius 1 is 0.677 bits per heavy atom. The molecule has 0 aliphatic carbocycles. The van der Waals surface area contributed by atoms with Gasteiger partial charge in [-0.25, -0.2) is 9.13 Å². The molecule has 16 N–H and O–H groups in total. The minimum atomic E-state index is -4.77. The minimum absolute atomic E-state index is 0. The van der Waals surface area contributed by atoms with Gasteiger partial charge in [-0.05, 0) is 18.6 Å². The molecule has 0 amide bonds. The van der Waals surface area contributed by atoms with Crippen LogP contribution in [0.15, 0.2) is 30.3 Å². The van der Waals surface area contributed by atoms with Crippen molar-refractivity contribution in [3.8, 4) is 11.5 Å². The summed E-state index contributed by atoms with van der Waals surface area (Å²) in [5.74, 6) is -0.175. The van der Waals surface area contributed by atoms with Gasteiger partial charge < -0.3 is 41.9 Å². The van der Waals surface area contributed by atoms with Crippen LogP contribution >= 0.6 is 15.6 Å². The quantitative estimate of drug-likeness (QED) is 0.219. The van der Waals surface area contributed by atoms with E-state index in [1.165, 1.54) is 25.1 Å². The molecule has 14 nitrogen and oxygen atoms in total. The summed E-state index contributed by atoms with van der Waals surface area (Å²) in [6.45, 7) is 1.48. The van der Waals surface area contributed by atoms with Crippen molar-refractivity contribution in [3.63, 3.8) is 0 Å². The summed E-state index contributed by atoms with van der Waals surface area (Å²) in [6, 6.07) is 7.42. The molecular formula is C11H24Na4O14P2. The molecule has 0 saturated carbocycles. The molecule has 0 aromatic heterocycles. The first kappa shape index (κ1) is 58.9. The van der Waals surface area contributed by atoms with Gasteiger partial charge >= 0.3 is 15.6 Å². The minimum Gasteiger partial charge on any atom is -0.412 e. The molecule has 0 atom stereocenters. The summed E-state index contributed by atoms with van der Waals surface area (Å²) in [4.78, 5) is 35.7. The Hall–Kier alpha value is 2.36. The Bertz CT molecular complexity index is 799. The van der Waals surface area contributed by atoms with E-state index in [1.54, 1.807) is 12.1 Å². The van der Waals surface area contributed by atoms with Gasteiger partial charge in [-0.15, -0.1) is 0 Å². The fourth-order valence-electron chi connectivity index (χ4n) is 1.89. The third-order valence-corrected chi connectivity index (χ3v) is 3.43. The number of phosphoric acid groups is 2. The van der Waals surface area contributed by atoms with Crippen molar-refractivity contribution in [2.24, 2.45) is 0 Å². The van der Waals surface area contributed by atoms with E-state index in [1.807, 2.05) is 0 Å². The number of hydrogen-bond donors (Lipinski definition) is 4. The molecular weight excluding hydrogens is 510 g/mol. The summed E-state index contributed by atoms with van der Waals surface area (Å²) in [5.41, 5.74) is 0.264. The number of phosphoric ester groups is 2. The maximum Gasteiger partial charge on any atom is 0.524 e. The largest absolute Gasteiger partial charge is 0.524 e. The second kappa shape index (κ2) is 24.1. The Labute approximate surface area is 266 Å². The summed E-state index contributed by atoms with van der Waals surface area (Å²) in [5, 5.41) is 0.527. The van der Waals surface area contributed by atoms with E-state index in [0.717, 1.165) is 0 Å². The Morgan fingerprint density at radius 2 is 1.03 bits per heavy atom. The zero-order chi connectivity index (χ0) is 15.8. The van der Waals surface area contributed by atoms with Gasteiger partial charge in [0.25, 0.3) is 0 Å². The predicted molar refractivity (Wildman–Crippen MR) is 119 cm³/mol. The molecule has 0 fully saturated rings. The number of aryl methyl sites for hydroxylation is 1. The molecule has 0 saturated heterocycles. The van der Waals surface area contributed by atoms with Crippen molar-refractivity contribution in [3.05, 3.63) is 35.9 Å². The van der Waals surface area contributed by atoms with E-state index in [0.29, 0.717) is 0 Å². The number of benzene rings is 2. The summed E-state index contributed by atoms with van der Waals surface area (Å²) in [6.07, 6.45) is 0. The average molecular weight is 534 g/mol. The average Bonchev–Trinajstić information content (AvgIpc) is 2.31. The Balaban J connectivity index is -0.0000000691. The molecule has 166 valence electrons. The molecule has 20 heteroatoms. The monoisotopic (exact) mass is 534 g/mol. The van der Waals surface area contributed by atoms with Crippen LogP contribution in [0, 0.1) is 6.92 Å². The maximum absolute atomic E-state index is 11.0. The normalized spacial score (nSPS) is 8.42. The van der Waals surface area contributed by atoms with Crippen LogP contribution in [0.3, 0.4) is 0 Å². The van der Waals surface area contributed by atoms with Gasteiger partial charge in [0.15, 0.2) is 0 Å². The maximum atomic E-state index is 11.0. The van der Waals surface area contributed by atoms with Crippen LogP contribution in [0.1, 0.15) is 5.56 Å². The Kier molecular flexibility index (Phi) is 45.7. The SMILES string of the molecule is Cc1cc(OP(=O)(O)O)c2ccccc2c1OP(=O)(O)O.O.O.O.O.O.O.[Na].[Na].[Na].[Na]. The second-order valence-corrected chi connectivity index (χ2v) is 6.56. The van der Waals surface area contributed by atoms with E-state index >= 15 is 0 Å². The molecule has 0 bridgehead atoms. The molecule has 4 radical (unpaired) electrons. The zero-order valence-corrected chi connectivity index (χ0v) is 27.5. The Morgan fingerprint density at radius 3 is 1.39 bits per heavy atom. The van der Waals surface area contributed by atoms with Crippen LogP contribution in [-0.2, 0) is 9.13 Å². The van der Waals surface area contributed by atoms with Crippen molar-refractivity contribution in [1.82, 2.24) is 0 Å². The van der Waals surface area contributed by atoms with Crippen molar-refractivity contribution in [1.29, 1.82) is 0 Å². The molecule has 0 aliphatic heterocycles. The number of rotatable bonds is 4. The second-order valence-electron chi connectivity index (χ2n) is 4.23. The fourth-order valence-corrected chi connectivity index (χ4v) is 2.78. The predicted octanol–water partition coefficient (Wildman–Crippen LogP) is -4.38. The summed E-state index contributed by atoms with van der Waals surface area (Å²) in [7, 11) is -9.53. The fraction of sp³-hybridized carbons (Fsp3) is 0.0909. The number of fused-ring (bicyclic) bond motifs is 1. The third kappa shape index (κ3) is 19.3.